The maximum absolute atomic E-state index is 12.3. The van der Waals surface area contributed by atoms with Crippen molar-refractivity contribution in [2.45, 2.75) is 27.2 Å². The van der Waals surface area contributed by atoms with Crippen LogP contribution in [0.4, 0.5) is 0 Å². The number of rotatable bonds is 8. The Balaban J connectivity index is 2.87. The van der Waals surface area contributed by atoms with Crippen LogP contribution in [0.25, 0.3) is 0 Å². The van der Waals surface area contributed by atoms with E-state index in [9.17, 15) is 14.7 Å². The van der Waals surface area contributed by atoms with Gasteiger partial charge in [-0.1, -0.05) is 13.8 Å². The van der Waals surface area contributed by atoms with Crippen molar-refractivity contribution in [3.8, 4) is 11.5 Å². The predicted molar refractivity (Wildman–Crippen MR) is 87.2 cm³/mol. The van der Waals surface area contributed by atoms with Crippen molar-refractivity contribution in [2.75, 3.05) is 20.8 Å². The van der Waals surface area contributed by atoms with Crippen molar-refractivity contribution in [1.29, 1.82) is 0 Å². The third kappa shape index (κ3) is 5.16. The average molecular weight is 323 g/mol. The van der Waals surface area contributed by atoms with E-state index in [1.807, 2.05) is 13.8 Å². The molecule has 6 heteroatoms. The smallest absolute Gasteiger partial charge is 0.308 e. The highest BCUT2D eigenvalue weighted by atomic mass is 16.5. The van der Waals surface area contributed by atoms with Gasteiger partial charge in [-0.25, -0.2) is 0 Å². The van der Waals surface area contributed by atoms with Crippen LogP contribution in [0.2, 0.25) is 0 Å². The fourth-order valence-electron chi connectivity index (χ4n) is 2.38. The van der Waals surface area contributed by atoms with Crippen molar-refractivity contribution in [3.63, 3.8) is 0 Å². The number of amides is 1. The van der Waals surface area contributed by atoms with Crippen molar-refractivity contribution >= 4 is 11.9 Å². The Morgan fingerprint density at radius 1 is 1.17 bits per heavy atom. The molecule has 0 fully saturated rings. The van der Waals surface area contributed by atoms with Gasteiger partial charge in [0, 0.05) is 12.1 Å². The topological polar surface area (TPSA) is 84.9 Å². The zero-order valence-electron chi connectivity index (χ0n) is 14.3. The van der Waals surface area contributed by atoms with Gasteiger partial charge in [-0.05, 0) is 37.0 Å². The Labute approximate surface area is 136 Å². The van der Waals surface area contributed by atoms with Gasteiger partial charge >= 0.3 is 5.97 Å². The van der Waals surface area contributed by atoms with Gasteiger partial charge in [-0.15, -0.1) is 0 Å². The van der Waals surface area contributed by atoms with E-state index in [2.05, 4.69) is 5.32 Å². The van der Waals surface area contributed by atoms with E-state index in [4.69, 9.17) is 9.47 Å². The van der Waals surface area contributed by atoms with Gasteiger partial charge in [0.1, 0.15) is 0 Å². The number of aryl methyl sites for hydroxylation is 1. The van der Waals surface area contributed by atoms with Crippen LogP contribution >= 0.6 is 0 Å². The lowest BCUT2D eigenvalue weighted by Crippen LogP contribution is -2.34. The normalized spacial score (nSPS) is 11.9. The molecule has 23 heavy (non-hydrogen) atoms. The van der Waals surface area contributed by atoms with E-state index in [0.717, 1.165) is 5.56 Å². The van der Waals surface area contributed by atoms with Crippen LogP contribution in [-0.2, 0) is 4.79 Å². The lowest BCUT2D eigenvalue weighted by atomic mass is 9.97. The first-order chi connectivity index (χ1) is 10.8. The molecule has 0 saturated carbocycles. The molecule has 0 aliphatic carbocycles. The fourth-order valence-corrected chi connectivity index (χ4v) is 2.38. The first kappa shape index (κ1) is 18.8. The molecular weight excluding hydrogens is 298 g/mol. The summed E-state index contributed by atoms with van der Waals surface area (Å²) in [6.07, 6.45) is 0.514. The van der Waals surface area contributed by atoms with Gasteiger partial charge in [-0.2, -0.15) is 0 Å². The molecule has 1 aromatic carbocycles. The molecule has 1 atom stereocenters. The second-order valence-electron chi connectivity index (χ2n) is 5.90. The number of carboxylic acids is 1. The lowest BCUT2D eigenvalue weighted by Gasteiger charge is -2.17. The van der Waals surface area contributed by atoms with Crippen molar-refractivity contribution < 1.29 is 24.2 Å². The highest BCUT2D eigenvalue weighted by molar-refractivity contribution is 5.96. The minimum Gasteiger partial charge on any atom is -0.493 e. The average Bonchev–Trinajstić information content (AvgIpc) is 2.49. The number of nitrogens with one attached hydrogen (secondary N) is 1. The van der Waals surface area contributed by atoms with E-state index < -0.39 is 11.9 Å². The van der Waals surface area contributed by atoms with Crippen LogP contribution in [0.15, 0.2) is 12.1 Å². The van der Waals surface area contributed by atoms with Crippen molar-refractivity contribution in [1.82, 2.24) is 5.32 Å². The second-order valence-corrected chi connectivity index (χ2v) is 5.90. The van der Waals surface area contributed by atoms with Crippen LogP contribution in [0.1, 0.15) is 36.2 Å². The number of methoxy groups -OCH3 is 2. The molecule has 1 rings (SSSR count). The van der Waals surface area contributed by atoms with Gasteiger partial charge in [0.25, 0.3) is 5.91 Å². The molecule has 0 aromatic heterocycles. The summed E-state index contributed by atoms with van der Waals surface area (Å²) in [5.74, 6) is -0.568. The van der Waals surface area contributed by atoms with E-state index in [0.29, 0.717) is 23.5 Å². The fraction of sp³-hybridized carbons (Fsp3) is 0.529. The Bertz CT molecular complexity index is 568. The number of ether oxygens (including phenoxy) is 2. The molecule has 1 amide bonds. The lowest BCUT2D eigenvalue weighted by molar-refractivity contribution is -0.142. The van der Waals surface area contributed by atoms with Gasteiger partial charge in [0.05, 0.1) is 20.1 Å². The summed E-state index contributed by atoms with van der Waals surface area (Å²) in [6.45, 7) is 5.80. The van der Waals surface area contributed by atoms with Gasteiger partial charge in [0.15, 0.2) is 11.5 Å². The van der Waals surface area contributed by atoms with Crippen LogP contribution in [0.5, 0.6) is 11.5 Å². The third-order valence-corrected chi connectivity index (χ3v) is 3.59. The predicted octanol–water partition coefficient (Wildman–Crippen LogP) is 2.49. The summed E-state index contributed by atoms with van der Waals surface area (Å²) in [6, 6.07) is 3.32. The quantitative estimate of drug-likeness (QED) is 0.768. The van der Waals surface area contributed by atoms with E-state index in [1.165, 1.54) is 14.2 Å². The van der Waals surface area contributed by atoms with Gasteiger partial charge in [0.2, 0.25) is 0 Å². The second kappa shape index (κ2) is 8.41. The summed E-state index contributed by atoms with van der Waals surface area (Å²) in [4.78, 5) is 23.6. The molecule has 0 aliphatic rings. The third-order valence-electron chi connectivity index (χ3n) is 3.59. The number of carboxylic acid groups (broad SMARTS) is 1. The molecule has 0 saturated heterocycles. The molecule has 1 aromatic rings. The number of benzene rings is 1. The molecule has 0 heterocycles. The first-order valence-corrected chi connectivity index (χ1v) is 7.53. The minimum absolute atomic E-state index is 0.0974. The summed E-state index contributed by atoms with van der Waals surface area (Å²) in [5, 5.41) is 11.9. The molecule has 0 aliphatic heterocycles. The first-order valence-electron chi connectivity index (χ1n) is 7.53. The van der Waals surface area contributed by atoms with E-state index in [1.54, 1.807) is 19.1 Å². The summed E-state index contributed by atoms with van der Waals surface area (Å²) >= 11 is 0. The van der Waals surface area contributed by atoms with Crippen molar-refractivity contribution in [3.05, 3.63) is 23.3 Å². The molecule has 1 unspecified atom stereocenters. The molecular formula is C17H25NO5. The Morgan fingerprint density at radius 2 is 1.74 bits per heavy atom. The molecule has 128 valence electrons. The van der Waals surface area contributed by atoms with Crippen LogP contribution < -0.4 is 14.8 Å². The Hall–Kier alpha value is -2.24. The molecule has 0 radical (unpaired) electrons. The van der Waals surface area contributed by atoms with Crippen LogP contribution in [0.3, 0.4) is 0 Å². The Kier molecular flexibility index (Phi) is 6.88. The number of carbonyl (C=O) groups excluding carboxylic acids is 1. The minimum atomic E-state index is -0.900. The number of hydrogen-bond acceptors (Lipinski definition) is 4. The molecule has 0 bridgehead atoms. The van der Waals surface area contributed by atoms with Gasteiger partial charge in [-0.3, -0.25) is 9.59 Å². The SMILES string of the molecule is COc1cc(C)c(C(=O)NCC(CC(C)C)C(=O)O)cc1OC. The largest absolute Gasteiger partial charge is 0.493 e. The molecule has 2 N–H and O–H groups in total. The van der Waals surface area contributed by atoms with E-state index in [-0.39, 0.29) is 18.4 Å². The highest BCUT2D eigenvalue weighted by Gasteiger charge is 2.21. The summed E-state index contributed by atoms with van der Waals surface area (Å²) < 4.78 is 10.4. The standard InChI is InChI=1S/C17H25NO5/c1-10(2)6-12(17(20)21)9-18-16(19)13-8-15(23-5)14(22-4)7-11(13)3/h7-8,10,12H,6,9H2,1-5H3,(H,18,19)(H,20,21). The number of hydrogen-bond donors (Lipinski definition) is 2. The molecule has 6 nitrogen and oxygen atoms in total. The maximum Gasteiger partial charge on any atom is 0.308 e. The maximum atomic E-state index is 12.3. The zero-order valence-corrected chi connectivity index (χ0v) is 14.3. The number of carbonyl (C=O) groups is 2. The summed E-state index contributed by atoms with van der Waals surface area (Å²) in [5.41, 5.74) is 1.17. The van der Waals surface area contributed by atoms with Crippen LogP contribution in [-0.4, -0.2) is 37.7 Å². The van der Waals surface area contributed by atoms with E-state index >= 15 is 0 Å². The van der Waals surface area contributed by atoms with Crippen molar-refractivity contribution in [2.24, 2.45) is 11.8 Å². The highest BCUT2D eigenvalue weighted by Crippen LogP contribution is 2.30. The molecule has 0 spiro atoms. The summed E-state index contributed by atoms with van der Waals surface area (Å²) in [7, 11) is 3.03. The number of aliphatic carboxylic acids is 1. The zero-order chi connectivity index (χ0) is 17.6. The Morgan fingerprint density at radius 3 is 2.22 bits per heavy atom. The van der Waals surface area contributed by atoms with Gasteiger partial charge < -0.3 is 19.9 Å². The van der Waals surface area contributed by atoms with Crippen LogP contribution in [0, 0.1) is 18.8 Å². The monoisotopic (exact) mass is 323 g/mol.